The number of aromatic nitrogens is 1. The minimum Gasteiger partial charge on any atom is -0.469 e. The van der Waals surface area contributed by atoms with Crippen LogP contribution in [0.25, 0.3) is 0 Å². The van der Waals surface area contributed by atoms with Crippen molar-refractivity contribution in [2.75, 3.05) is 13.1 Å². The van der Waals surface area contributed by atoms with Gasteiger partial charge in [0.1, 0.15) is 17.3 Å². The van der Waals surface area contributed by atoms with Crippen LogP contribution in [0.4, 0.5) is 4.39 Å². The molecule has 2 heterocycles. The molecule has 0 bridgehead atoms. The summed E-state index contributed by atoms with van der Waals surface area (Å²) in [4.78, 5) is 8.85. The lowest BCUT2D eigenvalue weighted by molar-refractivity contribution is 0.461. The monoisotopic (exact) mass is 510 g/mol. The number of hydrogen-bond acceptors (Lipinski definition) is 4. The minimum absolute atomic E-state index is 0. The Morgan fingerprint density at radius 3 is 2.62 bits per heavy atom. The van der Waals surface area contributed by atoms with Crippen LogP contribution in [-0.2, 0) is 13.0 Å². The molecule has 0 aliphatic carbocycles. The molecule has 0 fully saturated rings. The van der Waals surface area contributed by atoms with Crippen molar-refractivity contribution in [3.8, 4) is 11.6 Å². The Hall–Kier alpha value is -2.62. The summed E-state index contributed by atoms with van der Waals surface area (Å²) in [7, 11) is 0. The predicted molar refractivity (Wildman–Crippen MR) is 121 cm³/mol. The second-order valence-electron chi connectivity index (χ2n) is 6.01. The Morgan fingerprint density at radius 1 is 1.14 bits per heavy atom. The summed E-state index contributed by atoms with van der Waals surface area (Å²) in [5, 5.41) is 6.50. The molecular weight excluding hydrogens is 486 g/mol. The van der Waals surface area contributed by atoms with Crippen molar-refractivity contribution >= 4 is 29.9 Å². The molecule has 154 valence electrons. The number of rotatable bonds is 8. The largest absolute Gasteiger partial charge is 0.469 e. The zero-order valence-electron chi connectivity index (χ0n) is 16.1. The van der Waals surface area contributed by atoms with E-state index in [9.17, 15) is 4.39 Å². The van der Waals surface area contributed by atoms with E-state index in [-0.39, 0.29) is 29.8 Å². The van der Waals surface area contributed by atoms with Gasteiger partial charge in [0.15, 0.2) is 5.96 Å². The Balaban J connectivity index is 0.00000300. The van der Waals surface area contributed by atoms with Gasteiger partial charge in [-0.3, -0.25) is 0 Å². The highest BCUT2D eigenvalue weighted by Crippen LogP contribution is 2.19. The molecule has 0 aliphatic heterocycles. The fraction of sp³-hybridized carbons (Fsp3) is 0.238. The first kappa shape index (κ1) is 22.7. The third-order valence-corrected chi connectivity index (χ3v) is 3.84. The molecule has 0 atom stereocenters. The second-order valence-corrected chi connectivity index (χ2v) is 6.01. The molecule has 0 spiro atoms. The van der Waals surface area contributed by atoms with E-state index in [0.29, 0.717) is 18.2 Å². The first-order chi connectivity index (χ1) is 13.7. The van der Waals surface area contributed by atoms with Crippen LogP contribution in [0, 0.1) is 5.82 Å². The van der Waals surface area contributed by atoms with E-state index in [2.05, 4.69) is 20.6 Å². The summed E-state index contributed by atoms with van der Waals surface area (Å²) in [6, 6.07) is 13.3. The van der Waals surface area contributed by atoms with E-state index in [0.717, 1.165) is 36.8 Å². The van der Waals surface area contributed by atoms with E-state index in [1.807, 2.05) is 25.1 Å². The number of nitrogens with zero attached hydrogens (tertiary/aromatic N) is 2. The van der Waals surface area contributed by atoms with Crippen LogP contribution in [0.3, 0.4) is 0 Å². The Labute approximate surface area is 186 Å². The van der Waals surface area contributed by atoms with Crippen molar-refractivity contribution in [3.05, 3.63) is 78.1 Å². The van der Waals surface area contributed by atoms with Crippen molar-refractivity contribution in [2.24, 2.45) is 4.99 Å². The summed E-state index contributed by atoms with van der Waals surface area (Å²) in [5.74, 6) is 2.35. The van der Waals surface area contributed by atoms with Gasteiger partial charge < -0.3 is 19.8 Å². The van der Waals surface area contributed by atoms with Gasteiger partial charge in [-0.05, 0) is 48.9 Å². The maximum absolute atomic E-state index is 12.9. The highest BCUT2D eigenvalue weighted by molar-refractivity contribution is 14.0. The number of guanidine groups is 1. The zero-order valence-corrected chi connectivity index (χ0v) is 18.4. The number of ether oxygens (including phenoxy) is 1. The Morgan fingerprint density at radius 2 is 1.97 bits per heavy atom. The fourth-order valence-electron chi connectivity index (χ4n) is 2.46. The molecule has 6 nitrogen and oxygen atoms in total. The molecule has 0 amide bonds. The average molecular weight is 510 g/mol. The second kappa shape index (κ2) is 12.1. The number of pyridine rings is 1. The van der Waals surface area contributed by atoms with Crippen molar-refractivity contribution in [1.29, 1.82) is 0 Å². The number of furan rings is 1. The lowest BCUT2D eigenvalue weighted by Crippen LogP contribution is -2.38. The molecule has 0 saturated heterocycles. The third-order valence-electron chi connectivity index (χ3n) is 3.84. The standard InChI is InChI=1S/C21H23FN4O2.HI/c1-2-23-21(24-12-11-18-4-3-13-27-18)26-15-16-5-10-20(25-14-16)28-19-8-6-17(22)7-9-19;/h3-10,13-14H,2,11-12,15H2,1H3,(H2,23,24,26);1H. The average Bonchev–Trinajstić information content (AvgIpc) is 3.22. The van der Waals surface area contributed by atoms with E-state index >= 15 is 0 Å². The van der Waals surface area contributed by atoms with Crippen molar-refractivity contribution in [3.63, 3.8) is 0 Å². The van der Waals surface area contributed by atoms with Gasteiger partial charge in [0.2, 0.25) is 5.88 Å². The molecule has 2 N–H and O–H groups in total. The summed E-state index contributed by atoms with van der Waals surface area (Å²) >= 11 is 0. The van der Waals surface area contributed by atoms with E-state index in [4.69, 9.17) is 9.15 Å². The van der Waals surface area contributed by atoms with Crippen LogP contribution in [0.1, 0.15) is 18.2 Å². The lowest BCUT2D eigenvalue weighted by Gasteiger charge is -2.10. The highest BCUT2D eigenvalue weighted by Gasteiger charge is 2.02. The van der Waals surface area contributed by atoms with Crippen LogP contribution in [0.5, 0.6) is 11.6 Å². The van der Waals surface area contributed by atoms with Gasteiger partial charge >= 0.3 is 0 Å². The minimum atomic E-state index is -0.303. The number of nitrogens with one attached hydrogen (secondary N) is 2. The first-order valence-corrected chi connectivity index (χ1v) is 9.16. The molecule has 3 rings (SSSR count). The van der Waals surface area contributed by atoms with Crippen LogP contribution in [0.15, 0.2) is 70.4 Å². The van der Waals surface area contributed by atoms with Crippen LogP contribution >= 0.6 is 24.0 Å². The number of halogens is 2. The van der Waals surface area contributed by atoms with Crippen LogP contribution < -0.4 is 15.4 Å². The first-order valence-electron chi connectivity index (χ1n) is 9.16. The van der Waals surface area contributed by atoms with E-state index < -0.39 is 0 Å². The van der Waals surface area contributed by atoms with Crippen molar-refractivity contribution in [1.82, 2.24) is 15.6 Å². The quantitative estimate of drug-likeness (QED) is 0.265. The topological polar surface area (TPSA) is 71.7 Å². The maximum atomic E-state index is 12.9. The molecule has 0 radical (unpaired) electrons. The van der Waals surface area contributed by atoms with Gasteiger partial charge in [-0.15, -0.1) is 24.0 Å². The van der Waals surface area contributed by atoms with Crippen molar-refractivity contribution in [2.45, 2.75) is 19.9 Å². The predicted octanol–water partition coefficient (Wildman–Crippen LogP) is 4.52. The van der Waals surface area contributed by atoms with Crippen LogP contribution in [-0.4, -0.2) is 24.0 Å². The molecule has 29 heavy (non-hydrogen) atoms. The van der Waals surface area contributed by atoms with Crippen molar-refractivity contribution < 1.29 is 13.5 Å². The highest BCUT2D eigenvalue weighted by atomic mass is 127. The van der Waals surface area contributed by atoms with Gasteiger partial charge in [0, 0.05) is 31.8 Å². The fourth-order valence-corrected chi connectivity index (χ4v) is 2.46. The molecule has 3 aromatic rings. The van der Waals surface area contributed by atoms with Crippen LogP contribution in [0.2, 0.25) is 0 Å². The third kappa shape index (κ3) is 7.72. The van der Waals surface area contributed by atoms with Gasteiger partial charge in [-0.25, -0.2) is 14.4 Å². The molecule has 0 unspecified atom stereocenters. The molecular formula is C21H24FIN4O2. The Bertz CT molecular complexity index is 869. The summed E-state index contributed by atoms with van der Waals surface area (Å²) in [6.45, 7) is 4.00. The molecule has 0 aliphatic rings. The molecule has 0 saturated carbocycles. The van der Waals surface area contributed by atoms with Gasteiger partial charge in [-0.2, -0.15) is 0 Å². The maximum Gasteiger partial charge on any atom is 0.219 e. The van der Waals surface area contributed by atoms with E-state index in [1.165, 1.54) is 12.1 Å². The molecule has 2 aromatic heterocycles. The van der Waals surface area contributed by atoms with Gasteiger partial charge in [-0.1, -0.05) is 6.07 Å². The summed E-state index contributed by atoms with van der Waals surface area (Å²) in [6.07, 6.45) is 4.17. The molecule has 8 heteroatoms. The van der Waals surface area contributed by atoms with Gasteiger partial charge in [0.05, 0.1) is 12.8 Å². The van der Waals surface area contributed by atoms with E-state index in [1.54, 1.807) is 30.7 Å². The number of hydrogen-bond donors (Lipinski definition) is 2. The number of benzene rings is 1. The molecule has 1 aromatic carbocycles. The normalized spacial score (nSPS) is 10.9. The lowest BCUT2D eigenvalue weighted by atomic mass is 10.3. The summed E-state index contributed by atoms with van der Waals surface area (Å²) < 4.78 is 23.9. The zero-order chi connectivity index (χ0) is 19.6. The smallest absolute Gasteiger partial charge is 0.219 e. The SMILES string of the molecule is CCNC(=NCc1ccc(Oc2ccc(F)cc2)nc1)NCCc1ccco1.I. The number of aliphatic imine (C=N–C) groups is 1. The Kier molecular flexibility index (Phi) is 9.42. The summed E-state index contributed by atoms with van der Waals surface area (Å²) in [5.41, 5.74) is 0.953. The van der Waals surface area contributed by atoms with Gasteiger partial charge in [0.25, 0.3) is 0 Å².